The highest BCUT2D eigenvalue weighted by Gasteiger charge is 2.31. The number of H-pyrrole nitrogens is 1. The molecule has 110 valence electrons. The lowest BCUT2D eigenvalue weighted by atomic mass is 10.2. The maximum Gasteiger partial charge on any atom is 0.179 e. The molecular formula is C14H22N4S2. The van der Waals surface area contributed by atoms with E-state index < -0.39 is 0 Å². The van der Waals surface area contributed by atoms with Gasteiger partial charge < -0.3 is 4.98 Å². The Hall–Kier alpha value is -0.750. The summed E-state index contributed by atoms with van der Waals surface area (Å²) in [5, 5.41) is 5.31. The fraction of sp³-hybridized carbons (Fsp3) is 0.714. The monoisotopic (exact) mass is 310 g/mol. The van der Waals surface area contributed by atoms with Gasteiger partial charge in [0.05, 0.1) is 5.69 Å². The van der Waals surface area contributed by atoms with Crippen molar-refractivity contribution in [3.63, 3.8) is 0 Å². The molecule has 2 unspecified atom stereocenters. The van der Waals surface area contributed by atoms with E-state index in [0.29, 0.717) is 11.3 Å². The van der Waals surface area contributed by atoms with Crippen LogP contribution in [-0.4, -0.2) is 30.3 Å². The number of imidazole rings is 1. The van der Waals surface area contributed by atoms with E-state index in [1.807, 2.05) is 0 Å². The molecule has 6 heteroatoms. The van der Waals surface area contributed by atoms with Crippen LogP contribution in [0.2, 0.25) is 0 Å². The van der Waals surface area contributed by atoms with E-state index in [4.69, 9.17) is 12.2 Å². The second-order valence-corrected chi connectivity index (χ2v) is 7.29. The van der Waals surface area contributed by atoms with Gasteiger partial charge >= 0.3 is 0 Å². The quantitative estimate of drug-likeness (QED) is 0.865. The van der Waals surface area contributed by atoms with Crippen molar-refractivity contribution in [1.29, 1.82) is 0 Å². The van der Waals surface area contributed by atoms with Crippen LogP contribution >= 0.6 is 24.0 Å². The van der Waals surface area contributed by atoms with Gasteiger partial charge in [-0.2, -0.15) is 16.9 Å². The van der Waals surface area contributed by atoms with Crippen LogP contribution in [0.4, 0.5) is 0 Å². The molecule has 0 aromatic carbocycles. The molecule has 3 rings (SSSR count). The van der Waals surface area contributed by atoms with E-state index in [1.165, 1.54) is 30.7 Å². The molecule has 0 radical (unpaired) electrons. The van der Waals surface area contributed by atoms with Crippen molar-refractivity contribution in [1.82, 2.24) is 19.3 Å². The zero-order valence-electron chi connectivity index (χ0n) is 12.3. The molecule has 1 N–H and O–H groups in total. The van der Waals surface area contributed by atoms with Crippen molar-refractivity contribution in [3.05, 3.63) is 10.5 Å². The first-order chi connectivity index (χ1) is 9.67. The van der Waals surface area contributed by atoms with E-state index in [0.717, 1.165) is 22.5 Å². The SMILES string of the molecule is CCSC1CCCC1n1c(=S)[nH]c2c(C)nn(CC)c21. The zero-order chi connectivity index (χ0) is 14.3. The molecule has 1 aliphatic carbocycles. The first kappa shape index (κ1) is 14.2. The number of hydrogen-bond acceptors (Lipinski definition) is 3. The Morgan fingerprint density at radius 1 is 1.40 bits per heavy atom. The molecule has 1 saturated carbocycles. The minimum Gasteiger partial charge on any atom is -0.328 e. The van der Waals surface area contributed by atoms with Gasteiger partial charge in [-0.25, -0.2) is 4.68 Å². The van der Waals surface area contributed by atoms with Gasteiger partial charge in [-0.3, -0.25) is 4.57 Å². The maximum atomic E-state index is 5.60. The molecule has 0 saturated heterocycles. The maximum absolute atomic E-state index is 5.60. The molecule has 2 heterocycles. The van der Waals surface area contributed by atoms with Crippen molar-refractivity contribution in [2.24, 2.45) is 0 Å². The Balaban J connectivity index is 2.15. The number of fused-ring (bicyclic) bond motifs is 1. The molecule has 20 heavy (non-hydrogen) atoms. The lowest BCUT2D eigenvalue weighted by Gasteiger charge is -2.21. The summed E-state index contributed by atoms with van der Waals surface area (Å²) in [6.45, 7) is 7.32. The second kappa shape index (κ2) is 5.56. The van der Waals surface area contributed by atoms with Crippen LogP contribution in [0.15, 0.2) is 0 Å². The molecule has 2 atom stereocenters. The Bertz CT molecular complexity index is 667. The molecule has 1 fully saturated rings. The lowest BCUT2D eigenvalue weighted by molar-refractivity contribution is 0.517. The Morgan fingerprint density at radius 2 is 2.20 bits per heavy atom. The van der Waals surface area contributed by atoms with E-state index >= 15 is 0 Å². The number of thioether (sulfide) groups is 1. The van der Waals surface area contributed by atoms with Crippen molar-refractivity contribution < 1.29 is 0 Å². The predicted molar refractivity (Wildman–Crippen MR) is 88.1 cm³/mol. The normalized spacial score (nSPS) is 22.9. The molecule has 2 aromatic rings. The van der Waals surface area contributed by atoms with Gasteiger partial charge in [0.25, 0.3) is 0 Å². The number of aromatic nitrogens is 4. The first-order valence-corrected chi connectivity index (χ1v) is 8.92. The Kier molecular flexibility index (Phi) is 3.95. The Morgan fingerprint density at radius 3 is 2.90 bits per heavy atom. The van der Waals surface area contributed by atoms with Crippen LogP contribution in [0.5, 0.6) is 0 Å². The summed E-state index contributed by atoms with van der Waals surface area (Å²) in [7, 11) is 0. The Labute approximate surface area is 128 Å². The summed E-state index contributed by atoms with van der Waals surface area (Å²) in [5.41, 5.74) is 3.34. The van der Waals surface area contributed by atoms with Crippen LogP contribution in [0.3, 0.4) is 0 Å². The number of nitrogens with zero attached hydrogens (tertiary/aromatic N) is 3. The van der Waals surface area contributed by atoms with Gasteiger partial charge in [-0.1, -0.05) is 13.3 Å². The molecule has 0 spiro atoms. The predicted octanol–water partition coefficient (Wildman–Crippen LogP) is 4.07. The van der Waals surface area contributed by atoms with Crippen LogP contribution < -0.4 is 0 Å². The van der Waals surface area contributed by atoms with Crippen LogP contribution in [0.25, 0.3) is 11.2 Å². The van der Waals surface area contributed by atoms with Gasteiger partial charge in [-0.05, 0) is 44.7 Å². The van der Waals surface area contributed by atoms with Crippen molar-refractivity contribution in [2.75, 3.05) is 5.75 Å². The topological polar surface area (TPSA) is 38.5 Å². The zero-order valence-corrected chi connectivity index (χ0v) is 14.0. The highest BCUT2D eigenvalue weighted by Crippen LogP contribution is 2.40. The van der Waals surface area contributed by atoms with E-state index in [2.05, 4.69) is 51.9 Å². The van der Waals surface area contributed by atoms with Crippen LogP contribution in [-0.2, 0) is 6.54 Å². The average Bonchev–Trinajstić information content (AvgIpc) is 3.07. The van der Waals surface area contributed by atoms with Crippen molar-refractivity contribution in [2.45, 2.75) is 57.9 Å². The second-order valence-electron chi connectivity index (χ2n) is 5.39. The summed E-state index contributed by atoms with van der Waals surface area (Å²) in [4.78, 5) is 3.37. The molecular weight excluding hydrogens is 288 g/mol. The third-order valence-electron chi connectivity index (χ3n) is 4.21. The number of aromatic amines is 1. The highest BCUT2D eigenvalue weighted by atomic mass is 32.2. The smallest absolute Gasteiger partial charge is 0.179 e. The fourth-order valence-corrected chi connectivity index (χ4v) is 4.93. The third kappa shape index (κ3) is 2.13. The van der Waals surface area contributed by atoms with E-state index in [-0.39, 0.29) is 0 Å². The number of hydrogen-bond donors (Lipinski definition) is 1. The van der Waals surface area contributed by atoms with Gasteiger partial charge in [0, 0.05) is 17.8 Å². The molecule has 0 aliphatic heterocycles. The molecule has 4 nitrogen and oxygen atoms in total. The summed E-state index contributed by atoms with van der Waals surface area (Å²) >= 11 is 7.68. The van der Waals surface area contributed by atoms with Gasteiger partial charge in [0.2, 0.25) is 0 Å². The van der Waals surface area contributed by atoms with Crippen molar-refractivity contribution in [3.8, 4) is 0 Å². The van der Waals surface area contributed by atoms with Crippen molar-refractivity contribution >= 4 is 35.1 Å². The van der Waals surface area contributed by atoms with Gasteiger partial charge in [0.1, 0.15) is 5.52 Å². The fourth-order valence-electron chi connectivity index (χ4n) is 3.36. The van der Waals surface area contributed by atoms with Crippen LogP contribution in [0.1, 0.15) is 44.8 Å². The molecule has 0 bridgehead atoms. The summed E-state index contributed by atoms with van der Waals surface area (Å²) < 4.78 is 5.29. The number of nitrogens with one attached hydrogen (secondary N) is 1. The number of aryl methyl sites for hydroxylation is 2. The molecule has 2 aromatic heterocycles. The first-order valence-electron chi connectivity index (χ1n) is 7.46. The summed E-state index contributed by atoms with van der Waals surface area (Å²) in [6, 6.07) is 0.516. The summed E-state index contributed by atoms with van der Waals surface area (Å²) in [6.07, 6.45) is 3.83. The van der Waals surface area contributed by atoms with Crippen LogP contribution in [0, 0.1) is 11.7 Å². The largest absolute Gasteiger partial charge is 0.328 e. The van der Waals surface area contributed by atoms with E-state index in [9.17, 15) is 0 Å². The molecule has 1 aliphatic rings. The van der Waals surface area contributed by atoms with Gasteiger partial charge in [-0.15, -0.1) is 0 Å². The molecule has 0 amide bonds. The van der Waals surface area contributed by atoms with Gasteiger partial charge in [0.15, 0.2) is 10.4 Å². The lowest BCUT2D eigenvalue weighted by Crippen LogP contribution is -2.18. The summed E-state index contributed by atoms with van der Waals surface area (Å²) in [5.74, 6) is 1.17. The standard InChI is InChI=1S/C14H22N4S2/c1-4-17-13-12(9(3)16-17)15-14(19)18(13)10-7-6-8-11(10)20-5-2/h10-11H,4-8H2,1-3H3,(H,15,19). The average molecular weight is 310 g/mol. The number of rotatable bonds is 4. The minimum atomic E-state index is 0.516. The highest BCUT2D eigenvalue weighted by molar-refractivity contribution is 7.99. The third-order valence-corrected chi connectivity index (χ3v) is 5.82. The van der Waals surface area contributed by atoms with E-state index in [1.54, 1.807) is 0 Å². The minimum absolute atomic E-state index is 0.516.